The Labute approximate surface area is 160 Å². The van der Waals surface area contributed by atoms with Crippen LogP contribution in [0, 0.1) is 5.82 Å². The van der Waals surface area contributed by atoms with Crippen LogP contribution in [0.2, 0.25) is 0 Å². The van der Waals surface area contributed by atoms with Crippen LogP contribution in [0.1, 0.15) is 31.2 Å². The Morgan fingerprint density at radius 1 is 1.11 bits per heavy atom. The molecule has 4 heteroatoms. The van der Waals surface area contributed by atoms with Crippen LogP contribution < -0.4 is 0 Å². The second-order valence-electron chi connectivity index (χ2n) is 7.73. The number of likely N-dealkylation sites (N-methyl/N-ethyl adjacent to an activating group) is 1. The normalized spacial score (nSPS) is 28.9. The van der Waals surface area contributed by atoms with Gasteiger partial charge >= 0.3 is 0 Å². The lowest BCUT2D eigenvalue weighted by molar-refractivity contribution is 0.219. The Hall–Kier alpha value is -2.20. The summed E-state index contributed by atoms with van der Waals surface area (Å²) >= 11 is 0. The highest BCUT2D eigenvalue weighted by Crippen LogP contribution is 2.42. The molecule has 1 aromatic carbocycles. The monoisotopic (exact) mass is 368 g/mol. The van der Waals surface area contributed by atoms with Crippen LogP contribution in [0.4, 0.5) is 8.78 Å². The van der Waals surface area contributed by atoms with E-state index < -0.39 is 0 Å². The molecule has 3 aliphatic heterocycles. The number of nitrogens with zero attached hydrogens (tertiary/aromatic N) is 2. The van der Waals surface area contributed by atoms with E-state index >= 15 is 0 Å². The summed E-state index contributed by atoms with van der Waals surface area (Å²) in [7, 11) is 2.19. The van der Waals surface area contributed by atoms with Gasteiger partial charge in [-0.3, -0.25) is 4.90 Å². The summed E-state index contributed by atoms with van der Waals surface area (Å²) in [5, 5.41) is 0. The van der Waals surface area contributed by atoms with Crippen molar-refractivity contribution in [1.29, 1.82) is 0 Å². The minimum absolute atomic E-state index is 0.203. The third kappa shape index (κ3) is 3.63. The first-order valence-corrected chi connectivity index (χ1v) is 9.71. The van der Waals surface area contributed by atoms with Crippen molar-refractivity contribution in [2.24, 2.45) is 0 Å². The molecule has 2 atom stereocenters. The first kappa shape index (κ1) is 18.2. The average Bonchev–Trinajstić information content (AvgIpc) is 2.92. The molecular formula is C23H26F2N2. The molecule has 0 N–H and O–H groups in total. The summed E-state index contributed by atoms with van der Waals surface area (Å²) in [6, 6.07) is 7.61. The minimum atomic E-state index is -0.215. The molecule has 0 aromatic heterocycles. The lowest BCUT2D eigenvalue weighted by atomic mass is 9.94. The van der Waals surface area contributed by atoms with Crippen LogP contribution in [0.3, 0.4) is 0 Å². The van der Waals surface area contributed by atoms with Gasteiger partial charge < -0.3 is 4.90 Å². The average molecular weight is 368 g/mol. The van der Waals surface area contributed by atoms with Crippen LogP contribution in [-0.2, 0) is 6.42 Å². The smallest absolute Gasteiger partial charge is 0.123 e. The SMILES string of the molecule is C=C1/C=C\C(F)=C/CC2=C(CC3CCC2N3C)N1CCc1ccc(F)cc1. The number of hydrogen-bond donors (Lipinski definition) is 0. The van der Waals surface area contributed by atoms with Gasteiger partial charge in [-0.05, 0) is 74.2 Å². The van der Waals surface area contributed by atoms with Crippen molar-refractivity contribution in [3.8, 4) is 0 Å². The number of rotatable bonds is 3. The molecule has 2 bridgehead atoms. The van der Waals surface area contributed by atoms with Gasteiger partial charge in [-0.2, -0.15) is 0 Å². The molecular weight excluding hydrogens is 342 g/mol. The first-order valence-electron chi connectivity index (χ1n) is 9.71. The minimum Gasteiger partial charge on any atom is -0.345 e. The van der Waals surface area contributed by atoms with Crippen LogP contribution in [0.15, 0.2) is 71.9 Å². The van der Waals surface area contributed by atoms with Gasteiger partial charge in [0.1, 0.15) is 11.6 Å². The highest BCUT2D eigenvalue weighted by molar-refractivity contribution is 5.36. The summed E-state index contributed by atoms with van der Waals surface area (Å²) in [6.07, 6.45) is 9.72. The summed E-state index contributed by atoms with van der Waals surface area (Å²) in [4.78, 5) is 4.72. The lowest BCUT2D eigenvalue weighted by Crippen LogP contribution is -2.42. The summed E-state index contributed by atoms with van der Waals surface area (Å²) < 4.78 is 27.3. The Kier molecular flexibility index (Phi) is 5.00. The molecule has 3 heterocycles. The van der Waals surface area contributed by atoms with E-state index in [1.807, 2.05) is 12.1 Å². The van der Waals surface area contributed by atoms with Gasteiger partial charge in [-0.25, -0.2) is 8.78 Å². The van der Waals surface area contributed by atoms with Crippen LogP contribution in [-0.4, -0.2) is 35.5 Å². The second-order valence-corrected chi connectivity index (χ2v) is 7.73. The van der Waals surface area contributed by atoms with Gasteiger partial charge in [0.25, 0.3) is 0 Å². The lowest BCUT2D eigenvalue weighted by Gasteiger charge is -2.40. The van der Waals surface area contributed by atoms with Crippen molar-refractivity contribution in [3.05, 3.63) is 83.2 Å². The maximum atomic E-state index is 14.1. The number of hydrogen-bond acceptors (Lipinski definition) is 2. The summed E-state index contributed by atoms with van der Waals surface area (Å²) in [6.45, 7) is 4.98. The largest absolute Gasteiger partial charge is 0.345 e. The van der Waals surface area contributed by atoms with E-state index in [4.69, 9.17) is 0 Å². The fourth-order valence-corrected chi connectivity index (χ4v) is 4.65. The quantitative estimate of drug-likeness (QED) is 0.731. The van der Waals surface area contributed by atoms with E-state index in [0.717, 1.165) is 37.1 Å². The van der Waals surface area contributed by atoms with Crippen molar-refractivity contribution in [2.45, 2.75) is 44.2 Å². The van der Waals surface area contributed by atoms with Gasteiger partial charge in [0.2, 0.25) is 0 Å². The molecule has 1 fully saturated rings. The Morgan fingerprint density at radius 3 is 2.67 bits per heavy atom. The second kappa shape index (κ2) is 7.43. The zero-order valence-electron chi connectivity index (χ0n) is 15.8. The van der Waals surface area contributed by atoms with Crippen LogP contribution in [0.5, 0.6) is 0 Å². The van der Waals surface area contributed by atoms with Crippen molar-refractivity contribution >= 4 is 0 Å². The zero-order chi connectivity index (χ0) is 19.0. The molecule has 0 amide bonds. The van der Waals surface area contributed by atoms with E-state index in [1.165, 1.54) is 35.9 Å². The predicted molar refractivity (Wildman–Crippen MR) is 105 cm³/mol. The van der Waals surface area contributed by atoms with E-state index in [9.17, 15) is 8.78 Å². The van der Waals surface area contributed by atoms with Crippen LogP contribution in [0.25, 0.3) is 0 Å². The van der Waals surface area contributed by atoms with Gasteiger partial charge in [0.05, 0.1) is 0 Å². The molecule has 3 aliphatic rings. The number of allylic oxidation sites excluding steroid dienone is 4. The molecule has 0 spiro atoms. The van der Waals surface area contributed by atoms with Crippen molar-refractivity contribution in [2.75, 3.05) is 13.6 Å². The molecule has 1 saturated heterocycles. The molecule has 1 aromatic rings. The molecule has 0 saturated carbocycles. The van der Waals surface area contributed by atoms with Crippen molar-refractivity contribution < 1.29 is 8.78 Å². The molecule has 0 aliphatic carbocycles. The van der Waals surface area contributed by atoms with Gasteiger partial charge in [-0.1, -0.05) is 18.7 Å². The third-order valence-corrected chi connectivity index (χ3v) is 6.20. The van der Waals surface area contributed by atoms with Crippen LogP contribution >= 0.6 is 0 Å². The number of benzene rings is 1. The Balaban J connectivity index is 1.66. The number of fused-ring (bicyclic) bond motifs is 3. The number of halogens is 2. The molecule has 4 rings (SSSR count). The van der Waals surface area contributed by atoms with Gasteiger partial charge in [0.15, 0.2) is 0 Å². The Bertz CT molecular complexity index is 819. The molecule has 2 unspecified atom stereocenters. The van der Waals surface area contributed by atoms with E-state index in [0.29, 0.717) is 18.5 Å². The van der Waals surface area contributed by atoms with E-state index in [2.05, 4.69) is 23.4 Å². The summed E-state index contributed by atoms with van der Waals surface area (Å²) in [5.41, 5.74) is 4.54. The maximum Gasteiger partial charge on any atom is 0.123 e. The zero-order valence-corrected chi connectivity index (χ0v) is 15.8. The molecule has 2 nitrogen and oxygen atoms in total. The first-order chi connectivity index (χ1) is 13.0. The molecule has 0 radical (unpaired) electrons. The highest BCUT2D eigenvalue weighted by Gasteiger charge is 2.40. The van der Waals surface area contributed by atoms with Crippen molar-refractivity contribution in [1.82, 2.24) is 9.80 Å². The third-order valence-electron chi connectivity index (χ3n) is 6.20. The predicted octanol–water partition coefficient (Wildman–Crippen LogP) is 5.12. The van der Waals surface area contributed by atoms with Crippen molar-refractivity contribution in [3.63, 3.8) is 0 Å². The maximum absolute atomic E-state index is 14.1. The molecule has 142 valence electrons. The van der Waals surface area contributed by atoms with Gasteiger partial charge in [-0.15, -0.1) is 0 Å². The van der Waals surface area contributed by atoms with E-state index in [1.54, 1.807) is 12.2 Å². The van der Waals surface area contributed by atoms with E-state index in [-0.39, 0.29) is 11.6 Å². The topological polar surface area (TPSA) is 6.48 Å². The highest BCUT2D eigenvalue weighted by atomic mass is 19.1. The fourth-order valence-electron chi connectivity index (χ4n) is 4.65. The standard InChI is InChI=1S/C23H26F2N2/c1-16-3-6-18(24)9-11-21-22-12-10-20(26(22)2)15-23(21)27(16)14-13-17-4-7-19(25)8-5-17/h3-9,20,22H,1,10-15H2,2H3/b6-3-,18-9+. The fraction of sp³-hybridized carbons (Fsp3) is 0.391. The molecule has 27 heavy (non-hydrogen) atoms. The van der Waals surface area contributed by atoms with Gasteiger partial charge in [0, 0.05) is 36.4 Å². The summed E-state index contributed by atoms with van der Waals surface area (Å²) in [5.74, 6) is -0.418. The Morgan fingerprint density at radius 2 is 1.89 bits per heavy atom.